The highest BCUT2D eigenvalue weighted by molar-refractivity contribution is 7.98. The molecule has 0 aromatic rings. The minimum absolute atomic E-state index is 0.146. The van der Waals surface area contributed by atoms with Gasteiger partial charge in [-0.15, -0.1) is 0 Å². The Morgan fingerprint density at radius 3 is 2.71 bits per heavy atom. The molecule has 7 heteroatoms. The van der Waals surface area contributed by atoms with Gasteiger partial charge in [0.05, 0.1) is 0 Å². The number of nitrogens with zero attached hydrogens (tertiary/aromatic N) is 2. The molecule has 0 saturated carbocycles. The summed E-state index contributed by atoms with van der Waals surface area (Å²) >= 11 is 1.58. The largest absolute Gasteiger partial charge is 0.480 e. The molecule has 0 radical (unpaired) electrons. The lowest BCUT2D eigenvalue weighted by Crippen LogP contribution is -2.52. The number of nitrogens with one attached hydrogen (secondary N) is 1. The maximum absolute atomic E-state index is 12.4. The van der Waals surface area contributed by atoms with Crippen LogP contribution in [0.2, 0.25) is 0 Å². The first-order valence-electron chi connectivity index (χ1n) is 7.47. The van der Waals surface area contributed by atoms with Crippen molar-refractivity contribution in [3.63, 3.8) is 0 Å². The van der Waals surface area contributed by atoms with E-state index < -0.39 is 12.0 Å². The van der Waals surface area contributed by atoms with Crippen molar-refractivity contribution in [2.45, 2.75) is 38.3 Å². The van der Waals surface area contributed by atoms with Crippen LogP contribution < -0.4 is 5.32 Å². The molecule has 6 nitrogen and oxygen atoms in total. The van der Waals surface area contributed by atoms with Gasteiger partial charge in [-0.25, -0.2) is 9.59 Å². The molecule has 1 saturated heterocycles. The number of thioether (sulfide) groups is 1. The molecular weight excluding hydrogens is 290 g/mol. The Balaban J connectivity index is 2.67. The van der Waals surface area contributed by atoms with Crippen LogP contribution in [0.1, 0.15) is 26.2 Å². The van der Waals surface area contributed by atoms with Crippen LogP contribution in [0.5, 0.6) is 0 Å². The Bertz CT molecular complexity index is 354. The van der Waals surface area contributed by atoms with Gasteiger partial charge in [-0.2, -0.15) is 11.8 Å². The predicted octanol–water partition coefficient (Wildman–Crippen LogP) is 1.32. The van der Waals surface area contributed by atoms with Crippen LogP contribution in [0.4, 0.5) is 4.79 Å². The Morgan fingerprint density at radius 2 is 2.14 bits per heavy atom. The molecule has 1 unspecified atom stereocenters. The third-order valence-electron chi connectivity index (χ3n) is 3.84. The second-order valence-electron chi connectivity index (χ2n) is 5.49. The molecule has 21 heavy (non-hydrogen) atoms. The molecule has 1 heterocycles. The van der Waals surface area contributed by atoms with E-state index in [2.05, 4.69) is 24.2 Å². The molecule has 0 bridgehead atoms. The first kappa shape index (κ1) is 18.1. The summed E-state index contributed by atoms with van der Waals surface area (Å²) in [4.78, 5) is 27.7. The normalized spacial score (nSPS) is 21.7. The van der Waals surface area contributed by atoms with Crippen molar-refractivity contribution in [2.24, 2.45) is 0 Å². The fourth-order valence-corrected chi connectivity index (χ4v) is 3.06. The fourth-order valence-electron chi connectivity index (χ4n) is 2.59. The number of carboxylic acid groups (broad SMARTS) is 1. The third-order valence-corrected chi connectivity index (χ3v) is 4.48. The Hall–Kier alpha value is -0.950. The van der Waals surface area contributed by atoms with E-state index >= 15 is 0 Å². The zero-order valence-corrected chi connectivity index (χ0v) is 14.0. The molecule has 1 aliphatic rings. The monoisotopic (exact) mass is 317 g/mol. The second kappa shape index (κ2) is 9.15. The van der Waals surface area contributed by atoms with Gasteiger partial charge in [0, 0.05) is 19.1 Å². The average Bonchev–Trinajstić information content (AvgIpc) is 2.64. The molecular formula is C14H27N3O3S. The molecule has 0 aliphatic carbocycles. The van der Waals surface area contributed by atoms with Crippen molar-refractivity contribution in [1.29, 1.82) is 0 Å². The third kappa shape index (κ3) is 5.74. The Labute approximate surface area is 131 Å². The number of likely N-dealkylation sites (N-methyl/N-ethyl adjacent to an activating group) is 1. The van der Waals surface area contributed by atoms with E-state index in [1.165, 1.54) is 0 Å². The van der Waals surface area contributed by atoms with Crippen molar-refractivity contribution in [3.05, 3.63) is 0 Å². The number of hydrogen-bond donors (Lipinski definition) is 2. The van der Waals surface area contributed by atoms with Gasteiger partial charge in [0.25, 0.3) is 0 Å². The maximum Gasteiger partial charge on any atom is 0.326 e. The zero-order valence-electron chi connectivity index (χ0n) is 13.2. The van der Waals surface area contributed by atoms with Crippen LogP contribution in [-0.2, 0) is 4.79 Å². The number of carbonyl (C=O) groups is 2. The van der Waals surface area contributed by atoms with Crippen molar-refractivity contribution in [2.75, 3.05) is 38.7 Å². The first-order chi connectivity index (χ1) is 9.99. The van der Waals surface area contributed by atoms with Crippen molar-refractivity contribution >= 4 is 23.8 Å². The van der Waals surface area contributed by atoms with Crippen LogP contribution in [0.15, 0.2) is 0 Å². The summed E-state index contributed by atoms with van der Waals surface area (Å²) in [7, 11) is 2.06. The zero-order chi connectivity index (χ0) is 15.8. The summed E-state index contributed by atoms with van der Waals surface area (Å²) in [6.45, 7) is 4.55. The summed E-state index contributed by atoms with van der Waals surface area (Å²) in [5.41, 5.74) is 0. The smallest absolute Gasteiger partial charge is 0.326 e. The van der Waals surface area contributed by atoms with Gasteiger partial charge in [0.1, 0.15) is 6.04 Å². The van der Waals surface area contributed by atoms with Gasteiger partial charge in [-0.1, -0.05) is 6.92 Å². The number of amides is 2. The molecule has 122 valence electrons. The predicted molar refractivity (Wildman–Crippen MR) is 85.9 cm³/mol. The number of urea groups is 1. The lowest BCUT2D eigenvalue weighted by atomic mass is 10.2. The van der Waals surface area contributed by atoms with Gasteiger partial charge in [-0.05, 0) is 44.9 Å². The van der Waals surface area contributed by atoms with E-state index in [4.69, 9.17) is 0 Å². The van der Waals surface area contributed by atoms with Crippen LogP contribution >= 0.6 is 11.8 Å². The summed E-state index contributed by atoms with van der Waals surface area (Å²) in [5, 5.41) is 11.9. The summed E-state index contributed by atoms with van der Waals surface area (Å²) in [6, 6.07) is -0.901. The molecule has 1 aliphatic heterocycles. The van der Waals surface area contributed by atoms with Gasteiger partial charge >= 0.3 is 12.0 Å². The summed E-state index contributed by atoms with van der Waals surface area (Å²) < 4.78 is 0. The Kier molecular flexibility index (Phi) is 7.88. The molecule has 0 aromatic heterocycles. The van der Waals surface area contributed by atoms with Crippen molar-refractivity contribution in [1.82, 2.24) is 15.1 Å². The van der Waals surface area contributed by atoms with Crippen LogP contribution in [0, 0.1) is 0 Å². The van der Waals surface area contributed by atoms with E-state index in [1.807, 2.05) is 6.26 Å². The molecule has 0 aromatic carbocycles. The van der Waals surface area contributed by atoms with E-state index in [0.717, 1.165) is 31.7 Å². The lowest BCUT2D eigenvalue weighted by molar-refractivity contribution is -0.139. The summed E-state index contributed by atoms with van der Waals surface area (Å²) in [6.07, 6.45) is 4.18. The molecule has 2 amide bonds. The molecule has 2 N–H and O–H groups in total. The minimum atomic E-state index is -0.961. The number of aliphatic carboxylic acids is 1. The number of carbonyl (C=O) groups excluding carboxylic acids is 1. The van der Waals surface area contributed by atoms with Crippen molar-refractivity contribution < 1.29 is 14.7 Å². The molecule has 2 atom stereocenters. The topological polar surface area (TPSA) is 72.9 Å². The quantitative estimate of drug-likeness (QED) is 0.773. The minimum Gasteiger partial charge on any atom is -0.480 e. The highest BCUT2D eigenvalue weighted by atomic mass is 32.2. The number of rotatable bonds is 6. The highest BCUT2D eigenvalue weighted by Crippen LogP contribution is 2.13. The van der Waals surface area contributed by atoms with Gasteiger partial charge in [0.2, 0.25) is 0 Å². The standard InChI is InChI=1S/C14H27N3O3S/c1-4-11-10-16(2)7-5-8-17(11)14(20)15-12(13(18)19)6-9-21-3/h11-12H,4-10H2,1-3H3,(H,15,20)(H,18,19)/t11?,12-/m1/s1. The SMILES string of the molecule is CCC1CN(C)CCCN1C(=O)N[C@H](CCSC)C(=O)O. The van der Waals surface area contributed by atoms with Crippen LogP contribution in [-0.4, -0.2) is 77.7 Å². The summed E-state index contributed by atoms with van der Waals surface area (Å²) in [5.74, 6) is -0.241. The number of hydrogen-bond acceptors (Lipinski definition) is 4. The van der Waals surface area contributed by atoms with E-state index in [1.54, 1.807) is 16.7 Å². The van der Waals surface area contributed by atoms with E-state index in [9.17, 15) is 14.7 Å². The van der Waals surface area contributed by atoms with Crippen molar-refractivity contribution in [3.8, 4) is 0 Å². The molecule has 1 fully saturated rings. The highest BCUT2D eigenvalue weighted by Gasteiger charge is 2.29. The maximum atomic E-state index is 12.4. The van der Waals surface area contributed by atoms with E-state index in [0.29, 0.717) is 13.0 Å². The van der Waals surface area contributed by atoms with E-state index in [-0.39, 0.29) is 12.1 Å². The Morgan fingerprint density at radius 1 is 1.43 bits per heavy atom. The second-order valence-corrected chi connectivity index (χ2v) is 6.48. The fraction of sp³-hybridized carbons (Fsp3) is 0.857. The van der Waals surface area contributed by atoms with Crippen LogP contribution in [0.3, 0.4) is 0 Å². The lowest BCUT2D eigenvalue weighted by Gasteiger charge is -2.31. The molecule has 1 rings (SSSR count). The number of carboxylic acids is 1. The first-order valence-corrected chi connectivity index (χ1v) is 8.86. The van der Waals surface area contributed by atoms with Gasteiger partial charge < -0.3 is 20.2 Å². The van der Waals surface area contributed by atoms with Crippen LogP contribution in [0.25, 0.3) is 0 Å². The average molecular weight is 317 g/mol. The van der Waals surface area contributed by atoms with Gasteiger partial charge in [0.15, 0.2) is 0 Å². The molecule has 0 spiro atoms. The van der Waals surface area contributed by atoms with Gasteiger partial charge in [-0.3, -0.25) is 0 Å².